The van der Waals surface area contributed by atoms with Crippen molar-refractivity contribution >= 4 is 23.1 Å². The smallest absolute Gasteiger partial charge is 0.211 e. The van der Waals surface area contributed by atoms with E-state index >= 15 is 0 Å². The fourth-order valence-electron chi connectivity index (χ4n) is 2.47. The van der Waals surface area contributed by atoms with Crippen LogP contribution in [0.1, 0.15) is 45.6 Å². The topological polar surface area (TPSA) is 111 Å². The van der Waals surface area contributed by atoms with Crippen LogP contribution in [0, 0.1) is 16.0 Å². The van der Waals surface area contributed by atoms with Crippen molar-refractivity contribution in [2.75, 3.05) is 6.54 Å². The van der Waals surface area contributed by atoms with Crippen LogP contribution in [-0.4, -0.2) is 34.6 Å². The van der Waals surface area contributed by atoms with Gasteiger partial charge >= 0.3 is 0 Å². The highest BCUT2D eigenvalue weighted by Crippen LogP contribution is 2.26. The highest BCUT2D eigenvalue weighted by atomic mass is 16.6. The molecule has 1 atom stereocenters. The highest BCUT2D eigenvalue weighted by molar-refractivity contribution is 6.01. The Bertz CT molecular complexity index is 612. The number of carbonyl (C=O) groups is 4. The summed E-state index contributed by atoms with van der Waals surface area (Å²) in [4.78, 5) is 53.4. The van der Waals surface area contributed by atoms with Gasteiger partial charge in [0.1, 0.15) is 23.1 Å². The highest BCUT2D eigenvalue weighted by Gasteiger charge is 2.34. The lowest BCUT2D eigenvalue weighted by Crippen LogP contribution is -2.31. The average Bonchev–Trinajstić information content (AvgIpc) is 2.45. The van der Waals surface area contributed by atoms with Gasteiger partial charge in [0.05, 0.1) is 18.3 Å². The minimum absolute atomic E-state index is 0.0625. The molecule has 7 heteroatoms. The van der Waals surface area contributed by atoms with Crippen molar-refractivity contribution in [1.82, 2.24) is 0 Å². The molecular weight excluding hydrogens is 326 g/mol. The second-order valence-electron chi connectivity index (χ2n) is 5.81. The lowest BCUT2D eigenvalue weighted by Gasteiger charge is -2.20. The predicted octanol–water partition coefficient (Wildman–Crippen LogP) is 2.40. The van der Waals surface area contributed by atoms with Crippen molar-refractivity contribution in [3.05, 3.63) is 46.0 Å². The van der Waals surface area contributed by atoms with Crippen molar-refractivity contribution in [3.63, 3.8) is 0 Å². The Morgan fingerprint density at radius 2 is 1.36 bits per heavy atom. The monoisotopic (exact) mass is 349 g/mol. The fraction of sp³-hybridized carbons (Fsp3) is 0.444. The summed E-state index contributed by atoms with van der Waals surface area (Å²) in [5.41, 5.74) is 0.643. The van der Waals surface area contributed by atoms with Gasteiger partial charge in [0.2, 0.25) is 6.54 Å². The minimum atomic E-state index is -0.946. The molecule has 0 fully saturated rings. The summed E-state index contributed by atoms with van der Waals surface area (Å²) in [6.45, 7) is 4.97. The number of Topliss-reactive ketones (excluding diaryl/α,β-unsaturated/α-hetero) is 4. The van der Waals surface area contributed by atoms with Crippen LogP contribution in [0.3, 0.4) is 0 Å². The number of rotatable bonds is 8. The second-order valence-corrected chi connectivity index (χ2v) is 5.81. The molecule has 0 aromatic heterocycles. The van der Waals surface area contributed by atoms with Crippen molar-refractivity contribution in [2.24, 2.45) is 5.92 Å². The molecule has 7 nitrogen and oxygen atoms in total. The quantitative estimate of drug-likeness (QED) is 0.405. The third kappa shape index (κ3) is 9.24. The van der Waals surface area contributed by atoms with Gasteiger partial charge in [0.25, 0.3) is 0 Å². The van der Waals surface area contributed by atoms with Crippen LogP contribution in [0.2, 0.25) is 0 Å². The van der Waals surface area contributed by atoms with Crippen LogP contribution in [0.5, 0.6) is 0 Å². The maximum Gasteiger partial charge on any atom is 0.211 e. The minimum Gasteiger partial charge on any atom is -0.300 e. The molecule has 0 aliphatic rings. The second kappa shape index (κ2) is 11.0. The zero-order valence-electron chi connectivity index (χ0n) is 14.9. The molecule has 0 saturated heterocycles. The maximum absolute atomic E-state index is 11.5. The summed E-state index contributed by atoms with van der Waals surface area (Å²) in [7, 11) is 0. The zero-order chi connectivity index (χ0) is 19.6. The Morgan fingerprint density at radius 1 is 0.920 bits per heavy atom. The normalized spacial score (nSPS) is 11.1. The lowest BCUT2D eigenvalue weighted by molar-refractivity contribution is -0.484. The molecule has 0 N–H and O–H groups in total. The largest absolute Gasteiger partial charge is 0.300 e. The molecule has 0 heterocycles. The van der Waals surface area contributed by atoms with E-state index in [1.807, 2.05) is 0 Å². The van der Waals surface area contributed by atoms with Crippen LogP contribution >= 0.6 is 0 Å². The third-order valence-electron chi connectivity index (χ3n) is 3.35. The lowest BCUT2D eigenvalue weighted by atomic mass is 9.81. The molecule has 0 saturated carbocycles. The van der Waals surface area contributed by atoms with E-state index in [4.69, 9.17) is 0 Å². The number of nitrogens with zero attached hydrogens (tertiary/aromatic N) is 1. The SMILES string of the molecule is CC(=O)C(C(C)=O)C(C[N+](=O)[O-])c1ccccc1.CC(=O)CC(C)=O. The summed E-state index contributed by atoms with van der Waals surface area (Å²) in [6.07, 6.45) is 0.0833. The Kier molecular flexibility index (Phi) is 9.78. The first-order valence-corrected chi connectivity index (χ1v) is 7.72. The molecular formula is C18H23NO6. The third-order valence-corrected chi connectivity index (χ3v) is 3.35. The average molecular weight is 349 g/mol. The standard InChI is InChI=1S/C13H15NO4.C5H8O2/c1-9(15)13(10(2)16)12(8-14(17)18)11-6-4-3-5-7-11;1-4(6)3-5(2)7/h3-7,12-13H,8H2,1-2H3;3H2,1-2H3. The number of benzene rings is 1. The molecule has 0 radical (unpaired) electrons. The summed E-state index contributed by atoms with van der Waals surface area (Å²) < 4.78 is 0. The molecule has 0 spiro atoms. The van der Waals surface area contributed by atoms with Gasteiger partial charge in [-0.2, -0.15) is 0 Å². The van der Waals surface area contributed by atoms with Crippen LogP contribution in [0.4, 0.5) is 0 Å². The molecule has 0 bridgehead atoms. The van der Waals surface area contributed by atoms with Gasteiger partial charge in [-0.15, -0.1) is 0 Å². The Labute approximate surface area is 146 Å². The van der Waals surface area contributed by atoms with Crippen molar-refractivity contribution in [1.29, 1.82) is 0 Å². The van der Waals surface area contributed by atoms with Gasteiger partial charge in [-0.3, -0.25) is 29.3 Å². The van der Waals surface area contributed by atoms with Crippen LogP contribution in [0.15, 0.2) is 30.3 Å². The number of hydrogen-bond donors (Lipinski definition) is 0. The van der Waals surface area contributed by atoms with Gasteiger partial charge in [0.15, 0.2) is 0 Å². The van der Waals surface area contributed by atoms with E-state index in [0.717, 1.165) is 0 Å². The van der Waals surface area contributed by atoms with Crippen molar-refractivity contribution in [3.8, 4) is 0 Å². The molecule has 25 heavy (non-hydrogen) atoms. The van der Waals surface area contributed by atoms with Gasteiger partial charge < -0.3 is 0 Å². The van der Waals surface area contributed by atoms with Crippen molar-refractivity contribution in [2.45, 2.75) is 40.0 Å². The first-order valence-electron chi connectivity index (χ1n) is 7.72. The summed E-state index contributed by atoms with van der Waals surface area (Å²) in [5, 5.41) is 10.7. The molecule has 136 valence electrons. The number of ketones is 4. The van der Waals surface area contributed by atoms with E-state index in [-0.39, 0.29) is 29.6 Å². The maximum atomic E-state index is 11.5. The van der Waals surface area contributed by atoms with E-state index in [1.54, 1.807) is 30.3 Å². The van der Waals surface area contributed by atoms with Gasteiger partial charge in [-0.25, -0.2) is 0 Å². The van der Waals surface area contributed by atoms with Gasteiger partial charge in [0, 0.05) is 4.92 Å². The summed E-state index contributed by atoms with van der Waals surface area (Å²) >= 11 is 0. The van der Waals surface area contributed by atoms with Gasteiger partial charge in [-0.05, 0) is 33.3 Å². The number of hydrogen-bond acceptors (Lipinski definition) is 6. The molecule has 0 aliphatic heterocycles. The summed E-state index contributed by atoms with van der Waals surface area (Å²) in [6, 6.07) is 8.66. The molecule has 1 aromatic rings. The van der Waals surface area contributed by atoms with Crippen molar-refractivity contribution < 1.29 is 24.1 Å². The fourth-order valence-corrected chi connectivity index (χ4v) is 2.47. The zero-order valence-corrected chi connectivity index (χ0v) is 14.9. The molecule has 1 rings (SSSR count). The number of nitro groups is 1. The van der Waals surface area contributed by atoms with E-state index in [1.165, 1.54) is 27.7 Å². The first kappa shape index (κ1) is 22.3. The first-order chi connectivity index (χ1) is 11.6. The van der Waals surface area contributed by atoms with Crippen LogP contribution < -0.4 is 0 Å². The molecule has 1 unspecified atom stereocenters. The van der Waals surface area contributed by atoms with E-state index in [2.05, 4.69) is 0 Å². The Balaban J connectivity index is 0.000000697. The van der Waals surface area contributed by atoms with Crippen LogP contribution in [0.25, 0.3) is 0 Å². The van der Waals surface area contributed by atoms with E-state index in [0.29, 0.717) is 5.56 Å². The molecule has 1 aromatic carbocycles. The van der Waals surface area contributed by atoms with Crippen LogP contribution in [-0.2, 0) is 19.2 Å². The number of carbonyl (C=O) groups excluding carboxylic acids is 4. The predicted molar refractivity (Wildman–Crippen MR) is 91.9 cm³/mol. The van der Waals surface area contributed by atoms with E-state index < -0.39 is 23.3 Å². The Hall–Kier alpha value is -2.70. The molecule has 0 aliphatic carbocycles. The Morgan fingerprint density at radius 3 is 1.64 bits per heavy atom. The van der Waals surface area contributed by atoms with Gasteiger partial charge in [-0.1, -0.05) is 30.3 Å². The van der Waals surface area contributed by atoms with E-state index in [9.17, 15) is 29.3 Å². The molecule has 0 amide bonds. The summed E-state index contributed by atoms with van der Waals surface area (Å²) in [5.74, 6) is -2.44.